The van der Waals surface area contributed by atoms with Crippen LogP contribution >= 0.6 is 15.9 Å². The number of benzene rings is 1. The summed E-state index contributed by atoms with van der Waals surface area (Å²) in [5, 5.41) is 2.88. The van der Waals surface area contributed by atoms with Gasteiger partial charge in [-0.05, 0) is 27.6 Å². The second-order valence-electron chi connectivity index (χ2n) is 3.81. The van der Waals surface area contributed by atoms with E-state index in [-0.39, 0.29) is 10.2 Å². The van der Waals surface area contributed by atoms with E-state index in [4.69, 9.17) is 4.74 Å². The number of rotatable bonds is 4. The van der Waals surface area contributed by atoms with Gasteiger partial charge in [0.15, 0.2) is 0 Å². The van der Waals surface area contributed by atoms with E-state index in [0.717, 1.165) is 11.6 Å². The molecule has 6 heteroatoms. The zero-order chi connectivity index (χ0) is 13.8. The summed E-state index contributed by atoms with van der Waals surface area (Å²) in [4.78, 5) is 4.04. The number of methoxy groups -OCH3 is 1. The van der Waals surface area contributed by atoms with Crippen molar-refractivity contribution in [1.29, 1.82) is 0 Å². The van der Waals surface area contributed by atoms with Gasteiger partial charge in [0.2, 0.25) is 5.88 Å². The number of anilines is 1. The first-order valence-corrected chi connectivity index (χ1v) is 6.27. The average Bonchev–Trinajstić information content (AvgIpc) is 2.42. The van der Waals surface area contributed by atoms with E-state index in [1.165, 1.54) is 13.2 Å². The Morgan fingerprint density at radius 3 is 2.68 bits per heavy atom. The third-order valence-corrected chi connectivity index (χ3v) is 3.11. The minimum atomic E-state index is -0.637. The maximum absolute atomic E-state index is 13.5. The zero-order valence-corrected chi connectivity index (χ0v) is 11.7. The molecular weight excluding hydrogens is 318 g/mol. The first-order chi connectivity index (χ1) is 9.10. The number of pyridine rings is 1. The highest BCUT2D eigenvalue weighted by Crippen LogP contribution is 2.24. The summed E-state index contributed by atoms with van der Waals surface area (Å²) in [5.41, 5.74) is 1.09. The molecule has 1 aromatic heterocycles. The molecule has 0 unspecified atom stereocenters. The minimum absolute atomic E-state index is 0.212. The molecule has 1 aromatic carbocycles. The van der Waals surface area contributed by atoms with Crippen LogP contribution in [-0.2, 0) is 6.54 Å². The second-order valence-corrected chi connectivity index (χ2v) is 4.66. The van der Waals surface area contributed by atoms with Gasteiger partial charge in [0.1, 0.15) is 11.6 Å². The number of ether oxygens (including phenoxy) is 1. The van der Waals surface area contributed by atoms with Gasteiger partial charge in [-0.3, -0.25) is 0 Å². The van der Waals surface area contributed by atoms with Crippen molar-refractivity contribution in [3.05, 3.63) is 52.1 Å². The van der Waals surface area contributed by atoms with Gasteiger partial charge >= 0.3 is 0 Å². The Morgan fingerprint density at radius 1 is 1.26 bits per heavy atom. The van der Waals surface area contributed by atoms with Crippen LogP contribution in [0.1, 0.15) is 5.56 Å². The van der Waals surface area contributed by atoms with E-state index >= 15 is 0 Å². The molecule has 0 aliphatic carbocycles. The van der Waals surface area contributed by atoms with Gasteiger partial charge in [-0.15, -0.1) is 0 Å². The van der Waals surface area contributed by atoms with Crippen molar-refractivity contribution in [1.82, 2.24) is 4.98 Å². The first kappa shape index (κ1) is 13.7. The SMILES string of the molecule is COc1ccc(CNc2cc(Br)c(F)cc2F)cn1. The maximum atomic E-state index is 13.5. The first-order valence-electron chi connectivity index (χ1n) is 5.47. The molecule has 0 saturated carbocycles. The van der Waals surface area contributed by atoms with Crippen LogP contribution in [0.2, 0.25) is 0 Å². The summed E-state index contributed by atoms with van der Waals surface area (Å²) >= 11 is 3.01. The lowest BCUT2D eigenvalue weighted by Gasteiger charge is -2.09. The molecule has 100 valence electrons. The molecule has 0 bridgehead atoms. The molecule has 0 saturated heterocycles. The van der Waals surface area contributed by atoms with E-state index < -0.39 is 11.6 Å². The second kappa shape index (κ2) is 5.97. The summed E-state index contributed by atoms with van der Waals surface area (Å²) in [6.45, 7) is 0.381. The smallest absolute Gasteiger partial charge is 0.212 e. The lowest BCUT2D eigenvalue weighted by Crippen LogP contribution is -2.02. The quantitative estimate of drug-likeness (QED) is 0.868. The van der Waals surface area contributed by atoms with Crippen molar-refractivity contribution in [2.45, 2.75) is 6.54 Å². The van der Waals surface area contributed by atoms with E-state index in [9.17, 15) is 8.78 Å². The van der Waals surface area contributed by atoms with Crippen molar-refractivity contribution in [2.24, 2.45) is 0 Å². The predicted octanol–water partition coefficient (Wildman–Crippen LogP) is 3.74. The van der Waals surface area contributed by atoms with Crippen molar-refractivity contribution in [3.63, 3.8) is 0 Å². The normalized spacial score (nSPS) is 10.3. The molecule has 3 nitrogen and oxygen atoms in total. The highest BCUT2D eigenvalue weighted by atomic mass is 79.9. The lowest BCUT2D eigenvalue weighted by molar-refractivity contribution is 0.397. The number of nitrogens with zero attached hydrogens (tertiary/aromatic N) is 1. The molecular formula is C13H11BrF2N2O. The standard InChI is InChI=1S/C13H11BrF2N2O/c1-19-13-3-2-8(7-18-13)6-17-12-4-9(14)10(15)5-11(12)16/h2-5,7,17H,6H2,1H3. The molecule has 2 rings (SSSR count). The van der Waals surface area contributed by atoms with Crippen molar-refractivity contribution in [3.8, 4) is 5.88 Å². The Hall–Kier alpha value is -1.69. The zero-order valence-electron chi connectivity index (χ0n) is 10.1. The summed E-state index contributed by atoms with van der Waals surface area (Å²) in [5.74, 6) is -0.754. The number of halogens is 3. The highest BCUT2D eigenvalue weighted by Gasteiger charge is 2.08. The van der Waals surface area contributed by atoms with Gasteiger partial charge in [0.25, 0.3) is 0 Å². The Labute approximate surface area is 117 Å². The molecule has 2 aromatic rings. The van der Waals surface area contributed by atoms with Gasteiger partial charge in [-0.25, -0.2) is 13.8 Å². The molecule has 19 heavy (non-hydrogen) atoms. The molecule has 0 amide bonds. The van der Waals surface area contributed by atoms with Crippen LogP contribution in [-0.4, -0.2) is 12.1 Å². The van der Waals surface area contributed by atoms with Gasteiger partial charge in [-0.2, -0.15) is 0 Å². The van der Waals surface area contributed by atoms with Crippen molar-refractivity contribution < 1.29 is 13.5 Å². The number of hydrogen-bond acceptors (Lipinski definition) is 3. The summed E-state index contributed by atoms with van der Waals surface area (Å²) in [7, 11) is 1.53. The molecule has 0 radical (unpaired) electrons. The topological polar surface area (TPSA) is 34.1 Å². The van der Waals surface area contributed by atoms with E-state index in [0.29, 0.717) is 12.4 Å². The van der Waals surface area contributed by atoms with Crippen LogP contribution in [0.15, 0.2) is 34.9 Å². The average molecular weight is 329 g/mol. The monoisotopic (exact) mass is 328 g/mol. The van der Waals surface area contributed by atoms with Gasteiger partial charge in [0.05, 0.1) is 17.3 Å². The van der Waals surface area contributed by atoms with Crippen LogP contribution in [0, 0.1) is 11.6 Å². The third-order valence-electron chi connectivity index (χ3n) is 2.50. The third kappa shape index (κ3) is 3.41. The number of hydrogen-bond donors (Lipinski definition) is 1. The Balaban J connectivity index is 2.07. The Bertz CT molecular complexity index is 576. The van der Waals surface area contributed by atoms with Crippen LogP contribution in [0.5, 0.6) is 5.88 Å². The molecule has 0 aliphatic rings. The molecule has 0 fully saturated rings. The summed E-state index contributed by atoms with van der Waals surface area (Å²) in [6.07, 6.45) is 1.63. The molecule has 1 N–H and O–H groups in total. The van der Waals surface area contributed by atoms with E-state index in [2.05, 4.69) is 26.2 Å². The fourth-order valence-corrected chi connectivity index (χ4v) is 1.83. The number of nitrogens with one attached hydrogen (secondary N) is 1. The Morgan fingerprint density at radius 2 is 2.05 bits per heavy atom. The maximum Gasteiger partial charge on any atom is 0.212 e. The highest BCUT2D eigenvalue weighted by molar-refractivity contribution is 9.10. The molecule has 0 aliphatic heterocycles. The fourth-order valence-electron chi connectivity index (χ4n) is 1.49. The summed E-state index contributed by atoms with van der Waals surface area (Å²) < 4.78 is 31.7. The molecule has 0 spiro atoms. The predicted molar refractivity (Wildman–Crippen MR) is 72.2 cm³/mol. The van der Waals surface area contributed by atoms with Crippen molar-refractivity contribution in [2.75, 3.05) is 12.4 Å². The molecule has 1 heterocycles. The molecule has 0 atom stereocenters. The van der Waals surface area contributed by atoms with Crippen LogP contribution in [0.3, 0.4) is 0 Å². The lowest BCUT2D eigenvalue weighted by atomic mass is 10.2. The van der Waals surface area contributed by atoms with E-state index in [1.807, 2.05) is 6.07 Å². The van der Waals surface area contributed by atoms with Gasteiger partial charge in [0, 0.05) is 24.9 Å². The fraction of sp³-hybridized carbons (Fsp3) is 0.154. The van der Waals surface area contributed by atoms with Crippen LogP contribution in [0.4, 0.5) is 14.5 Å². The van der Waals surface area contributed by atoms with Crippen molar-refractivity contribution >= 4 is 21.6 Å². The van der Waals surface area contributed by atoms with E-state index in [1.54, 1.807) is 12.3 Å². The summed E-state index contributed by atoms with van der Waals surface area (Å²) in [6, 6.07) is 5.73. The van der Waals surface area contributed by atoms with Crippen LogP contribution in [0.25, 0.3) is 0 Å². The number of aromatic nitrogens is 1. The van der Waals surface area contributed by atoms with Crippen LogP contribution < -0.4 is 10.1 Å². The Kier molecular flexibility index (Phi) is 4.31. The minimum Gasteiger partial charge on any atom is -0.481 e. The largest absolute Gasteiger partial charge is 0.481 e. The van der Waals surface area contributed by atoms with Gasteiger partial charge in [-0.1, -0.05) is 6.07 Å². The van der Waals surface area contributed by atoms with Gasteiger partial charge < -0.3 is 10.1 Å².